The SMILES string of the molecule is C/C=C/CP(=O)(O)CCCC. The van der Waals surface area contributed by atoms with Gasteiger partial charge in [0.15, 0.2) is 0 Å². The van der Waals surface area contributed by atoms with Crippen molar-refractivity contribution < 1.29 is 9.46 Å². The number of hydrogen-bond donors (Lipinski definition) is 1. The van der Waals surface area contributed by atoms with Crippen LogP contribution in [-0.4, -0.2) is 17.2 Å². The molecule has 0 heterocycles. The maximum Gasteiger partial charge on any atom is 0.204 e. The van der Waals surface area contributed by atoms with E-state index in [1.807, 2.05) is 19.9 Å². The van der Waals surface area contributed by atoms with Crippen LogP contribution in [0, 0.1) is 0 Å². The highest BCUT2D eigenvalue weighted by molar-refractivity contribution is 7.58. The van der Waals surface area contributed by atoms with Crippen LogP contribution in [0.4, 0.5) is 0 Å². The second-order valence-corrected chi connectivity index (χ2v) is 5.18. The van der Waals surface area contributed by atoms with E-state index in [1.54, 1.807) is 6.08 Å². The van der Waals surface area contributed by atoms with Gasteiger partial charge in [0.25, 0.3) is 0 Å². The number of unbranched alkanes of at least 4 members (excludes halogenated alkanes) is 1. The first-order valence-electron chi connectivity index (χ1n) is 4.04. The number of hydrogen-bond acceptors (Lipinski definition) is 1. The van der Waals surface area contributed by atoms with Gasteiger partial charge < -0.3 is 4.89 Å². The van der Waals surface area contributed by atoms with Gasteiger partial charge in [-0.3, -0.25) is 4.57 Å². The van der Waals surface area contributed by atoms with Gasteiger partial charge >= 0.3 is 0 Å². The zero-order valence-corrected chi connectivity index (χ0v) is 8.18. The van der Waals surface area contributed by atoms with E-state index in [2.05, 4.69) is 0 Å². The summed E-state index contributed by atoms with van der Waals surface area (Å²) in [6.07, 6.45) is 6.22. The molecule has 0 amide bonds. The summed E-state index contributed by atoms with van der Waals surface area (Å²) in [5, 5.41) is 0. The minimum Gasteiger partial charge on any atom is -0.344 e. The summed E-state index contributed by atoms with van der Waals surface area (Å²) >= 11 is 0. The van der Waals surface area contributed by atoms with E-state index in [1.165, 1.54) is 0 Å². The molecule has 11 heavy (non-hydrogen) atoms. The van der Waals surface area contributed by atoms with Gasteiger partial charge in [-0.15, -0.1) is 0 Å². The predicted octanol–water partition coefficient (Wildman–Crippen LogP) is 2.63. The quantitative estimate of drug-likeness (QED) is 0.516. The molecule has 0 aliphatic rings. The van der Waals surface area contributed by atoms with Gasteiger partial charge in [-0.05, 0) is 13.3 Å². The van der Waals surface area contributed by atoms with E-state index < -0.39 is 7.37 Å². The fourth-order valence-electron chi connectivity index (χ4n) is 0.767. The van der Waals surface area contributed by atoms with Crippen molar-refractivity contribution in [1.82, 2.24) is 0 Å². The first-order valence-corrected chi connectivity index (χ1v) is 6.07. The highest BCUT2D eigenvalue weighted by Crippen LogP contribution is 2.41. The molecule has 0 aromatic heterocycles. The van der Waals surface area contributed by atoms with Gasteiger partial charge in [0.05, 0.1) is 0 Å². The lowest BCUT2D eigenvalue weighted by molar-refractivity contribution is 0.479. The second-order valence-electron chi connectivity index (χ2n) is 2.68. The Labute approximate surface area is 68.8 Å². The molecule has 0 aromatic rings. The average Bonchev–Trinajstić information content (AvgIpc) is 1.97. The van der Waals surface area contributed by atoms with Crippen LogP contribution >= 0.6 is 7.37 Å². The second kappa shape index (κ2) is 5.56. The number of allylic oxidation sites excluding steroid dienone is 2. The molecule has 0 rings (SSSR count). The molecule has 0 bridgehead atoms. The van der Waals surface area contributed by atoms with E-state index in [4.69, 9.17) is 0 Å². The highest BCUT2D eigenvalue weighted by atomic mass is 31.2. The van der Waals surface area contributed by atoms with Gasteiger partial charge in [0.2, 0.25) is 7.37 Å². The molecular weight excluding hydrogens is 159 g/mol. The summed E-state index contributed by atoms with van der Waals surface area (Å²) in [6.45, 7) is 3.88. The third-order valence-electron chi connectivity index (χ3n) is 1.49. The average molecular weight is 176 g/mol. The molecule has 0 fully saturated rings. The van der Waals surface area contributed by atoms with Crippen LogP contribution in [0.2, 0.25) is 0 Å². The molecule has 0 saturated carbocycles. The minimum absolute atomic E-state index is 0.337. The summed E-state index contributed by atoms with van der Waals surface area (Å²) in [4.78, 5) is 9.28. The van der Waals surface area contributed by atoms with Gasteiger partial charge in [0, 0.05) is 12.3 Å². The van der Waals surface area contributed by atoms with Crippen molar-refractivity contribution in [2.24, 2.45) is 0 Å². The fourth-order valence-corrected chi connectivity index (χ4v) is 2.30. The molecule has 0 aromatic carbocycles. The lowest BCUT2D eigenvalue weighted by atomic mass is 10.4. The summed E-state index contributed by atoms with van der Waals surface area (Å²) in [5.74, 6) is 0. The van der Waals surface area contributed by atoms with E-state index in [0.717, 1.165) is 12.8 Å². The Morgan fingerprint density at radius 2 is 2.18 bits per heavy atom. The van der Waals surface area contributed by atoms with Crippen LogP contribution in [-0.2, 0) is 4.57 Å². The summed E-state index contributed by atoms with van der Waals surface area (Å²) in [5.41, 5.74) is 0. The Morgan fingerprint density at radius 1 is 1.55 bits per heavy atom. The molecule has 1 unspecified atom stereocenters. The predicted molar refractivity (Wildman–Crippen MR) is 49.3 cm³/mol. The molecular formula is C8H17O2P. The topological polar surface area (TPSA) is 37.3 Å². The van der Waals surface area contributed by atoms with Crippen molar-refractivity contribution in [3.8, 4) is 0 Å². The van der Waals surface area contributed by atoms with E-state index in [-0.39, 0.29) is 0 Å². The van der Waals surface area contributed by atoms with Gasteiger partial charge in [-0.2, -0.15) is 0 Å². The van der Waals surface area contributed by atoms with E-state index in [0.29, 0.717) is 12.3 Å². The Bertz CT molecular complexity index is 163. The van der Waals surface area contributed by atoms with Crippen LogP contribution in [0.3, 0.4) is 0 Å². The van der Waals surface area contributed by atoms with Crippen molar-refractivity contribution in [2.45, 2.75) is 26.7 Å². The van der Waals surface area contributed by atoms with E-state index in [9.17, 15) is 9.46 Å². The van der Waals surface area contributed by atoms with Gasteiger partial charge in [0.1, 0.15) is 0 Å². The van der Waals surface area contributed by atoms with Crippen LogP contribution < -0.4 is 0 Å². The molecule has 0 radical (unpaired) electrons. The molecule has 3 heteroatoms. The standard InChI is InChI=1S/C8H17O2P/c1-3-5-7-11(9,10)8-6-4-2/h3,5H,4,6-8H2,1-2H3,(H,9,10)/b5-3+. The molecule has 0 saturated heterocycles. The maximum atomic E-state index is 11.2. The molecule has 2 nitrogen and oxygen atoms in total. The fraction of sp³-hybridized carbons (Fsp3) is 0.750. The molecule has 66 valence electrons. The van der Waals surface area contributed by atoms with Crippen LogP contribution in [0.1, 0.15) is 26.7 Å². The monoisotopic (exact) mass is 176 g/mol. The Hall–Kier alpha value is -0.0700. The van der Waals surface area contributed by atoms with E-state index >= 15 is 0 Å². The Morgan fingerprint density at radius 3 is 2.64 bits per heavy atom. The lowest BCUT2D eigenvalue weighted by Crippen LogP contribution is -1.91. The van der Waals surface area contributed by atoms with Crippen LogP contribution in [0.5, 0.6) is 0 Å². The molecule has 1 atom stereocenters. The lowest BCUT2D eigenvalue weighted by Gasteiger charge is -2.06. The largest absolute Gasteiger partial charge is 0.344 e. The Kier molecular flexibility index (Phi) is 5.53. The van der Waals surface area contributed by atoms with Gasteiger partial charge in [-0.25, -0.2) is 0 Å². The Balaban J connectivity index is 3.71. The van der Waals surface area contributed by atoms with Crippen molar-refractivity contribution in [3.63, 3.8) is 0 Å². The first-order chi connectivity index (χ1) is 5.12. The zero-order valence-electron chi connectivity index (χ0n) is 7.29. The summed E-state index contributed by atoms with van der Waals surface area (Å²) < 4.78 is 11.2. The van der Waals surface area contributed by atoms with Gasteiger partial charge in [-0.1, -0.05) is 25.5 Å². The molecule has 0 spiro atoms. The van der Waals surface area contributed by atoms with Crippen molar-refractivity contribution in [3.05, 3.63) is 12.2 Å². The summed E-state index contributed by atoms with van der Waals surface area (Å²) in [6, 6.07) is 0. The van der Waals surface area contributed by atoms with Crippen LogP contribution in [0.25, 0.3) is 0 Å². The molecule has 0 aliphatic heterocycles. The minimum atomic E-state index is -2.81. The first kappa shape index (κ1) is 10.9. The van der Waals surface area contributed by atoms with Crippen molar-refractivity contribution in [2.75, 3.05) is 12.3 Å². The zero-order chi connectivity index (χ0) is 8.74. The molecule has 0 aliphatic carbocycles. The third kappa shape index (κ3) is 6.33. The normalized spacial score (nSPS) is 17.0. The maximum absolute atomic E-state index is 11.2. The smallest absolute Gasteiger partial charge is 0.204 e. The summed E-state index contributed by atoms with van der Waals surface area (Å²) in [7, 11) is -2.81. The van der Waals surface area contributed by atoms with Crippen LogP contribution in [0.15, 0.2) is 12.2 Å². The number of rotatable bonds is 5. The third-order valence-corrected chi connectivity index (χ3v) is 3.28. The molecule has 1 N–H and O–H groups in total. The van der Waals surface area contributed by atoms with Crippen molar-refractivity contribution in [1.29, 1.82) is 0 Å². The van der Waals surface area contributed by atoms with Crippen molar-refractivity contribution >= 4 is 7.37 Å². The highest BCUT2D eigenvalue weighted by Gasteiger charge is 2.13.